The summed E-state index contributed by atoms with van der Waals surface area (Å²) >= 11 is 0. The summed E-state index contributed by atoms with van der Waals surface area (Å²) in [5.74, 6) is -0.183. The Bertz CT molecular complexity index is 556. The number of aryl methyl sites for hydroxylation is 1. The van der Waals surface area contributed by atoms with Crippen LogP contribution in [0.2, 0.25) is 0 Å². The maximum Gasteiger partial charge on any atom is 0.325 e. The third kappa shape index (κ3) is 2.45. The molecular weight excluding hydrogens is 256 g/mol. The van der Waals surface area contributed by atoms with Gasteiger partial charge in [0, 0.05) is 11.9 Å². The number of carbonyl (C=O) groups excluding carboxylic acids is 2. The van der Waals surface area contributed by atoms with E-state index in [9.17, 15) is 9.59 Å². The lowest BCUT2D eigenvalue weighted by Crippen LogP contribution is -2.31. The van der Waals surface area contributed by atoms with Crippen LogP contribution in [0.25, 0.3) is 0 Å². The van der Waals surface area contributed by atoms with Gasteiger partial charge >= 0.3 is 6.03 Å². The Labute approximate surface area is 118 Å². The van der Waals surface area contributed by atoms with E-state index in [1.54, 1.807) is 6.20 Å². The standard InChI is InChI=1S/C14H20N4O2/c1-4-5-10-13(19)18(14(20)17-10)7-11-9(3)12(15)8(2)6-16-11/h6,10H,4-5,7H2,1-3H3,(H2,15,16)(H,17,20). The van der Waals surface area contributed by atoms with E-state index in [1.165, 1.54) is 4.90 Å². The van der Waals surface area contributed by atoms with Crippen molar-refractivity contribution in [1.29, 1.82) is 0 Å². The molecule has 1 atom stereocenters. The Kier molecular flexibility index (Phi) is 3.92. The number of anilines is 1. The van der Waals surface area contributed by atoms with Crippen LogP contribution in [-0.4, -0.2) is 27.9 Å². The molecule has 2 rings (SSSR count). The van der Waals surface area contributed by atoms with Crippen LogP contribution in [0.4, 0.5) is 10.5 Å². The molecule has 0 spiro atoms. The highest BCUT2D eigenvalue weighted by Gasteiger charge is 2.37. The molecule has 0 bridgehead atoms. The van der Waals surface area contributed by atoms with Crippen molar-refractivity contribution in [2.45, 2.75) is 46.2 Å². The lowest BCUT2D eigenvalue weighted by atomic mass is 10.1. The van der Waals surface area contributed by atoms with Crippen molar-refractivity contribution in [3.05, 3.63) is 23.0 Å². The van der Waals surface area contributed by atoms with Crippen molar-refractivity contribution < 1.29 is 9.59 Å². The first-order chi connectivity index (χ1) is 9.45. The van der Waals surface area contributed by atoms with Gasteiger partial charge in [-0.25, -0.2) is 4.79 Å². The second kappa shape index (κ2) is 5.48. The number of nitrogens with two attached hydrogens (primary N) is 1. The lowest BCUT2D eigenvalue weighted by molar-refractivity contribution is -0.128. The molecule has 1 unspecified atom stereocenters. The van der Waals surface area contributed by atoms with Crippen LogP contribution in [0.5, 0.6) is 0 Å². The predicted molar refractivity (Wildman–Crippen MR) is 75.9 cm³/mol. The minimum Gasteiger partial charge on any atom is -0.398 e. The second-order valence-electron chi connectivity index (χ2n) is 5.14. The number of amides is 3. The van der Waals surface area contributed by atoms with Crippen molar-refractivity contribution in [1.82, 2.24) is 15.2 Å². The van der Waals surface area contributed by atoms with E-state index < -0.39 is 6.04 Å². The summed E-state index contributed by atoms with van der Waals surface area (Å²) in [6, 6.07) is -0.760. The molecular formula is C14H20N4O2. The number of urea groups is 1. The number of nitrogens with one attached hydrogen (secondary N) is 1. The Hall–Kier alpha value is -2.11. The number of rotatable bonds is 4. The van der Waals surface area contributed by atoms with Gasteiger partial charge < -0.3 is 11.1 Å². The Balaban J connectivity index is 2.20. The van der Waals surface area contributed by atoms with E-state index in [0.29, 0.717) is 17.8 Å². The normalized spacial score (nSPS) is 18.6. The van der Waals surface area contributed by atoms with E-state index in [-0.39, 0.29) is 18.5 Å². The fraction of sp³-hybridized carbons (Fsp3) is 0.500. The zero-order chi connectivity index (χ0) is 14.9. The minimum atomic E-state index is -0.407. The average Bonchev–Trinajstić information content (AvgIpc) is 2.67. The number of imide groups is 1. The number of aromatic nitrogens is 1. The van der Waals surface area contributed by atoms with E-state index in [1.807, 2.05) is 20.8 Å². The number of hydrogen-bond donors (Lipinski definition) is 2. The zero-order valence-electron chi connectivity index (χ0n) is 12.1. The topological polar surface area (TPSA) is 88.3 Å². The van der Waals surface area contributed by atoms with Crippen LogP contribution in [0, 0.1) is 13.8 Å². The van der Waals surface area contributed by atoms with Crippen molar-refractivity contribution in [2.24, 2.45) is 0 Å². The first-order valence-electron chi connectivity index (χ1n) is 6.78. The third-order valence-electron chi connectivity index (χ3n) is 3.67. The second-order valence-corrected chi connectivity index (χ2v) is 5.14. The van der Waals surface area contributed by atoms with Crippen LogP contribution < -0.4 is 11.1 Å². The van der Waals surface area contributed by atoms with Gasteiger partial charge in [-0.3, -0.25) is 14.7 Å². The summed E-state index contributed by atoms with van der Waals surface area (Å²) < 4.78 is 0. The van der Waals surface area contributed by atoms with Gasteiger partial charge in [-0.2, -0.15) is 0 Å². The molecule has 0 saturated carbocycles. The molecule has 1 aliphatic rings. The van der Waals surface area contributed by atoms with Gasteiger partial charge in [0.05, 0.1) is 12.2 Å². The average molecular weight is 276 g/mol. The van der Waals surface area contributed by atoms with Crippen molar-refractivity contribution in [2.75, 3.05) is 5.73 Å². The van der Waals surface area contributed by atoms with E-state index in [0.717, 1.165) is 17.5 Å². The number of nitrogen functional groups attached to an aromatic ring is 1. The first-order valence-corrected chi connectivity index (χ1v) is 6.78. The number of pyridine rings is 1. The number of nitrogens with zero attached hydrogens (tertiary/aromatic N) is 2. The van der Waals surface area contributed by atoms with Crippen LogP contribution >= 0.6 is 0 Å². The Morgan fingerprint density at radius 1 is 1.40 bits per heavy atom. The van der Waals surface area contributed by atoms with E-state index in [2.05, 4.69) is 10.3 Å². The monoisotopic (exact) mass is 276 g/mol. The molecule has 3 N–H and O–H groups in total. The molecule has 0 radical (unpaired) electrons. The maximum atomic E-state index is 12.2. The fourth-order valence-electron chi connectivity index (χ4n) is 2.31. The summed E-state index contributed by atoms with van der Waals surface area (Å²) in [6.45, 7) is 5.88. The van der Waals surface area contributed by atoms with Crippen LogP contribution in [0.1, 0.15) is 36.6 Å². The molecule has 6 heteroatoms. The highest BCUT2D eigenvalue weighted by Crippen LogP contribution is 2.21. The predicted octanol–water partition coefficient (Wildman–Crippen LogP) is 1.50. The highest BCUT2D eigenvalue weighted by molar-refractivity contribution is 6.04. The van der Waals surface area contributed by atoms with Crippen molar-refractivity contribution in [3.8, 4) is 0 Å². The molecule has 3 amide bonds. The number of carbonyl (C=O) groups is 2. The summed E-state index contributed by atoms with van der Waals surface area (Å²) in [4.78, 5) is 29.5. The van der Waals surface area contributed by atoms with Crippen LogP contribution in [0.3, 0.4) is 0 Å². The van der Waals surface area contributed by atoms with Gasteiger partial charge in [-0.1, -0.05) is 13.3 Å². The molecule has 20 heavy (non-hydrogen) atoms. The van der Waals surface area contributed by atoms with Gasteiger partial charge in [-0.05, 0) is 31.4 Å². The molecule has 1 saturated heterocycles. The summed E-state index contributed by atoms with van der Waals surface area (Å²) in [5.41, 5.74) is 9.00. The molecule has 0 aliphatic carbocycles. The Morgan fingerprint density at radius 2 is 2.10 bits per heavy atom. The SMILES string of the molecule is CCCC1NC(=O)N(Cc2ncc(C)c(N)c2C)C1=O. The summed E-state index contributed by atoms with van der Waals surface area (Å²) in [7, 11) is 0. The summed E-state index contributed by atoms with van der Waals surface area (Å²) in [5, 5.41) is 2.70. The fourth-order valence-corrected chi connectivity index (χ4v) is 2.31. The van der Waals surface area contributed by atoms with Gasteiger partial charge in [0.15, 0.2) is 0 Å². The van der Waals surface area contributed by atoms with Crippen LogP contribution in [-0.2, 0) is 11.3 Å². The largest absolute Gasteiger partial charge is 0.398 e. The van der Waals surface area contributed by atoms with Gasteiger partial charge in [0.25, 0.3) is 5.91 Å². The van der Waals surface area contributed by atoms with Crippen LogP contribution in [0.15, 0.2) is 6.20 Å². The van der Waals surface area contributed by atoms with E-state index >= 15 is 0 Å². The number of hydrogen-bond acceptors (Lipinski definition) is 4. The van der Waals surface area contributed by atoms with Gasteiger partial charge in [0.1, 0.15) is 6.04 Å². The molecule has 1 aromatic rings. The minimum absolute atomic E-state index is 0.168. The van der Waals surface area contributed by atoms with E-state index in [4.69, 9.17) is 5.73 Å². The quantitative estimate of drug-likeness (QED) is 0.816. The zero-order valence-corrected chi connectivity index (χ0v) is 12.1. The Morgan fingerprint density at radius 3 is 2.75 bits per heavy atom. The first kappa shape index (κ1) is 14.3. The molecule has 1 aliphatic heterocycles. The molecule has 1 fully saturated rings. The van der Waals surface area contributed by atoms with Crippen molar-refractivity contribution >= 4 is 17.6 Å². The lowest BCUT2D eigenvalue weighted by Gasteiger charge is -2.15. The molecule has 108 valence electrons. The maximum absolute atomic E-state index is 12.2. The molecule has 6 nitrogen and oxygen atoms in total. The molecule has 0 aromatic carbocycles. The third-order valence-corrected chi connectivity index (χ3v) is 3.67. The van der Waals surface area contributed by atoms with Gasteiger partial charge in [0.2, 0.25) is 0 Å². The van der Waals surface area contributed by atoms with Crippen molar-refractivity contribution in [3.63, 3.8) is 0 Å². The molecule has 2 heterocycles. The highest BCUT2D eigenvalue weighted by atomic mass is 16.2. The van der Waals surface area contributed by atoms with Gasteiger partial charge in [-0.15, -0.1) is 0 Å². The molecule has 1 aromatic heterocycles. The smallest absolute Gasteiger partial charge is 0.325 e. The summed E-state index contributed by atoms with van der Waals surface area (Å²) in [6.07, 6.45) is 3.17.